The largest absolute Gasteiger partial charge is 0.379 e. The van der Waals surface area contributed by atoms with Gasteiger partial charge in [-0.15, -0.1) is 10.1 Å². The quantitative estimate of drug-likeness (QED) is 0.321. The first-order valence-electron chi connectivity index (χ1n) is 5.55. The molecule has 0 rings (SSSR count). The van der Waals surface area contributed by atoms with Gasteiger partial charge in [0.2, 0.25) is 0 Å². The molecule has 0 N–H and O–H groups in total. The number of unbranched alkanes of at least 4 members (excludes halogenated alkanes) is 1. The van der Waals surface area contributed by atoms with Gasteiger partial charge in [0.05, 0.1) is 6.61 Å². The first kappa shape index (κ1) is 14.2. The van der Waals surface area contributed by atoms with Crippen molar-refractivity contribution in [2.24, 2.45) is 5.92 Å². The minimum Gasteiger partial charge on any atom is -0.379 e. The molecule has 0 fully saturated rings. The zero-order chi connectivity index (χ0) is 11.5. The van der Waals surface area contributed by atoms with Gasteiger partial charge < -0.3 is 9.57 Å². The molecule has 0 saturated carbocycles. The van der Waals surface area contributed by atoms with E-state index in [1.54, 1.807) is 0 Å². The van der Waals surface area contributed by atoms with Crippen LogP contribution in [0.4, 0.5) is 0 Å². The molecule has 5 nitrogen and oxygen atoms in total. The Bertz CT molecular complexity index is 164. The van der Waals surface area contributed by atoms with E-state index in [1.165, 1.54) is 19.3 Å². The Balaban J connectivity index is 3.33. The minimum absolute atomic E-state index is 0.0250. The molecular formula is C10H21NO4. The van der Waals surface area contributed by atoms with Gasteiger partial charge in [0.1, 0.15) is 6.61 Å². The lowest BCUT2D eigenvalue weighted by atomic mass is 10.0. The molecule has 0 aliphatic carbocycles. The van der Waals surface area contributed by atoms with Crippen LogP contribution in [-0.4, -0.2) is 24.9 Å². The number of nitrogens with zero attached hydrogens (tertiary/aromatic N) is 1. The van der Waals surface area contributed by atoms with Gasteiger partial charge in [-0.05, 0) is 12.3 Å². The Morgan fingerprint density at radius 2 is 2.07 bits per heavy atom. The lowest BCUT2D eigenvalue weighted by molar-refractivity contribution is -0.758. The van der Waals surface area contributed by atoms with Crippen LogP contribution in [0, 0.1) is 16.0 Å². The summed E-state index contributed by atoms with van der Waals surface area (Å²) in [7, 11) is 0. The summed E-state index contributed by atoms with van der Waals surface area (Å²) in [6.07, 6.45) is 4.67. The van der Waals surface area contributed by atoms with Crippen LogP contribution in [0.3, 0.4) is 0 Å². The van der Waals surface area contributed by atoms with Gasteiger partial charge in [-0.2, -0.15) is 0 Å². The van der Waals surface area contributed by atoms with Gasteiger partial charge in [0.15, 0.2) is 0 Å². The summed E-state index contributed by atoms with van der Waals surface area (Å²) in [4.78, 5) is 14.0. The predicted octanol–water partition coefficient (Wildman–Crippen LogP) is 2.43. The van der Waals surface area contributed by atoms with Crippen LogP contribution in [-0.2, 0) is 9.57 Å². The van der Waals surface area contributed by atoms with E-state index < -0.39 is 5.09 Å². The third-order valence-corrected chi connectivity index (χ3v) is 2.32. The highest BCUT2D eigenvalue weighted by atomic mass is 17.0. The molecule has 0 aromatic heterocycles. The van der Waals surface area contributed by atoms with E-state index >= 15 is 0 Å². The topological polar surface area (TPSA) is 61.6 Å². The smallest absolute Gasteiger partial charge is 0.294 e. The molecule has 0 radical (unpaired) electrons. The van der Waals surface area contributed by atoms with Gasteiger partial charge in [-0.3, -0.25) is 0 Å². The molecule has 0 spiro atoms. The molecule has 0 amide bonds. The minimum atomic E-state index is -0.794. The summed E-state index contributed by atoms with van der Waals surface area (Å²) in [5.41, 5.74) is 0. The van der Waals surface area contributed by atoms with Gasteiger partial charge in [0.25, 0.3) is 5.09 Å². The van der Waals surface area contributed by atoms with Crippen LogP contribution in [0.5, 0.6) is 0 Å². The van der Waals surface area contributed by atoms with Gasteiger partial charge in [0, 0.05) is 6.61 Å². The predicted molar refractivity (Wildman–Crippen MR) is 57.1 cm³/mol. The second-order valence-corrected chi connectivity index (χ2v) is 3.55. The molecule has 5 heteroatoms. The SMILES string of the molecule is CCCCC(CC)COCCO[N+](=O)[O-]. The Morgan fingerprint density at radius 1 is 1.33 bits per heavy atom. The van der Waals surface area contributed by atoms with E-state index in [4.69, 9.17) is 4.74 Å². The Kier molecular flexibility index (Phi) is 9.16. The Labute approximate surface area is 90.9 Å². The molecule has 15 heavy (non-hydrogen) atoms. The Hall–Kier alpha value is -0.840. The van der Waals surface area contributed by atoms with Crippen molar-refractivity contribution in [2.45, 2.75) is 39.5 Å². The van der Waals surface area contributed by atoms with Crippen molar-refractivity contribution in [1.29, 1.82) is 0 Å². The third kappa shape index (κ3) is 9.46. The lowest BCUT2D eigenvalue weighted by Crippen LogP contribution is -2.13. The fourth-order valence-electron chi connectivity index (χ4n) is 1.32. The number of rotatable bonds is 10. The lowest BCUT2D eigenvalue weighted by Gasteiger charge is -2.14. The fraction of sp³-hybridized carbons (Fsp3) is 1.00. The van der Waals surface area contributed by atoms with Crippen molar-refractivity contribution in [3.63, 3.8) is 0 Å². The highest BCUT2D eigenvalue weighted by Gasteiger charge is 2.05. The summed E-state index contributed by atoms with van der Waals surface area (Å²) in [5.74, 6) is 0.570. The summed E-state index contributed by atoms with van der Waals surface area (Å²) in [6, 6.07) is 0. The Morgan fingerprint density at radius 3 is 2.60 bits per heavy atom. The molecule has 0 aromatic carbocycles. The maximum Gasteiger partial charge on any atom is 0.294 e. The van der Waals surface area contributed by atoms with E-state index in [0.29, 0.717) is 19.1 Å². The normalized spacial score (nSPS) is 12.4. The van der Waals surface area contributed by atoms with Crippen LogP contribution in [0.2, 0.25) is 0 Å². The fourth-order valence-corrected chi connectivity index (χ4v) is 1.32. The molecule has 0 aliphatic heterocycles. The summed E-state index contributed by atoms with van der Waals surface area (Å²) >= 11 is 0. The summed E-state index contributed by atoms with van der Waals surface area (Å²) < 4.78 is 5.30. The highest BCUT2D eigenvalue weighted by Crippen LogP contribution is 2.12. The molecular weight excluding hydrogens is 198 g/mol. The van der Waals surface area contributed by atoms with Crippen LogP contribution in [0.25, 0.3) is 0 Å². The molecule has 0 saturated heterocycles. The summed E-state index contributed by atoms with van der Waals surface area (Å²) in [5, 5.41) is 9.03. The van der Waals surface area contributed by atoms with Crippen molar-refractivity contribution in [2.75, 3.05) is 19.8 Å². The first-order valence-corrected chi connectivity index (χ1v) is 5.55. The monoisotopic (exact) mass is 219 g/mol. The maximum absolute atomic E-state index is 9.82. The van der Waals surface area contributed by atoms with Gasteiger partial charge >= 0.3 is 0 Å². The molecule has 0 heterocycles. The van der Waals surface area contributed by atoms with Crippen LogP contribution >= 0.6 is 0 Å². The first-order chi connectivity index (χ1) is 7.20. The molecule has 90 valence electrons. The van der Waals surface area contributed by atoms with Crippen molar-refractivity contribution in [1.82, 2.24) is 0 Å². The average Bonchev–Trinajstić information content (AvgIpc) is 2.21. The van der Waals surface area contributed by atoms with Crippen LogP contribution in [0.1, 0.15) is 39.5 Å². The maximum atomic E-state index is 9.82. The van der Waals surface area contributed by atoms with Crippen LogP contribution < -0.4 is 0 Å². The van der Waals surface area contributed by atoms with Gasteiger partial charge in [-0.1, -0.05) is 33.1 Å². The molecule has 0 aromatic rings. The standard InChI is InChI=1S/C10H21NO4/c1-3-5-6-10(4-2)9-14-7-8-15-11(12)13/h10H,3-9H2,1-2H3. The van der Waals surface area contributed by atoms with Crippen LogP contribution in [0.15, 0.2) is 0 Å². The summed E-state index contributed by atoms with van der Waals surface area (Å²) in [6.45, 7) is 5.30. The zero-order valence-corrected chi connectivity index (χ0v) is 9.61. The van der Waals surface area contributed by atoms with E-state index in [-0.39, 0.29) is 6.61 Å². The zero-order valence-electron chi connectivity index (χ0n) is 9.61. The van der Waals surface area contributed by atoms with E-state index in [9.17, 15) is 10.1 Å². The van der Waals surface area contributed by atoms with Crippen molar-refractivity contribution < 1.29 is 14.7 Å². The number of hydrogen-bond donors (Lipinski definition) is 0. The van der Waals surface area contributed by atoms with Crippen molar-refractivity contribution in [3.8, 4) is 0 Å². The van der Waals surface area contributed by atoms with E-state index in [0.717, 1.165) is 6.42 Å². The number of ether oxygens (including phenoxy) is 1. The number of hydrogen-bond acceptors (Lipinski definition) is 4. The highest BCUT2D eigenvalue weighted by molar-refractivity contribution is 4.55. The van der Waals surface area contributed by atoms with E-state index in [1.807, 2.05) is 0 Å². The van der Waals surface area contributed by atoms with Gasteiger partial charge in [-0.25, -0.2) is 0 Å². The second-order valence-electron chi connectivity index (χ2n) is 3.55. The molecule has 1 unspecified atom stereocenters. The average molecular weight is 219 g/mol. The van der Waals surface area contributed by atoms with E-state index in [2.05, 4.69) is 18.7 Å². The van der Waals surface area contributed by atoms with Crippen molar-refractivity contribution in [3.05, 3.63) is 10.1 Å². The molecule has 1 atom stereocenters. The molecule has 0 bridgehead atoms. The van der Waals surface area contributed by atoms with Crippen molar-refractivity contribution >= 4 is 0 Å². The third-order valence-electron chi connectivity index (χ3n) is 2.32. The second kappa shape index (κ2) is 9.71. The molecule has 0 aliphatic rings.